The Kier molecular flexibility index (Phi) is 5.09. The maximum atomic E-state index is 6.21. The van der Waals surface area contributed by atoms with E-state index < -0.39 is 0 Å². The maximum Gasteiger partial charge on any atom is 0.124 e. The topological polar surface area (TPSA) is 39.5 Å². The van der Waals surface area contributed by atoms with Crippen LogP contribution in [0.3, 0.4) is 0 Å². The molecule has 1 atom stereocenters. The van der Waals surface area contributed by atoms with Gasteiger partial charge in [0.1, 0.15) is 17.6 Å². The number of benzene rings is 1. The zero-order valence-corrected chi connectivity index (χ0v) is 15.1. The molecule has 2 aromatic rings. The molecule has 0 fully saturated rings. The van der Waals surface area contributed by atoms with Crippen molar-refractivity contribution in [3.8, 4) is 11.5 Å². The lowest BCUT2D eigenvalue weighted by Gasteiger charge is -2.22. The van der Waals surface area contributed by atoms with Gasteiger partial charge in [-0.15, -0.1) is 0 Å². The van der Waals surface area contributed by atoms with Crippen molar-refractivity contribution in [2.75, 3.05) is 13.7 Å². The largest absolute Gasteiger partial charge is 0.497 e. The smallest absolute Gasteiger partial charge is 0.124 e. The predicted molar refractivity (Wildman–Crippen MR) is 94.5 cm³/mol. The van der Waals surface area contributed by atoms with E-state index in [1.165, 1.54) is 11.1 Å². The Balaban J connectivity index is 1.85. The van der Waals surface area contributed by atoms with Crippen LogP contribution in [-0.2, 0) is 19.6 Å². The molecule has 2 heterocycles. The zero-order chi connectivity index (χ0) is 17.1. The molecular formula is C19H27N3O2. The summed E-state index contributed by atoms with van der Waals surface area (Å²) >= 11 is 0. The SMILES string of the molecule is CCC1CN(Cc2cn(CC)nc2C)Cc2cc(OC)ccc2O1. The molecule has 0 saturated carbocycles. The number of aromatic nitrogens is 2. The molecule has 0 amide bonds. The van der Waals surface area contributed by atoms with Gasteiger partial charge >= 0.3 is 0 Å². The van der Waals surface area contributed by atoms with E-state index in [0.29, 0.717) is 0 Å². The van der Waals surface area contributed by atoms with Crippen molar-refractivity contribution in [3.63, 3.8) is 0 Å². The van der Waals surface area contributed by atoms with E-state index in [4.69, 9.17) is 9.47 Å². The highest BCUT2D eigenvalue weighted by Gasteiger charge is 2.23. The third-order valence-electron chi connectivity index (χ3n) is 4.64. The van der Waals surface area contributed by atoms with Crippen LogP contribution in [0.1, 0.15) is 37.1 Å². The van der Waals surface area contributed by atoms with Crippen molar-refractivity contribution in [3.05, 3.63) is 41.2 Å². The molecule has 0 spiro atoms. The van der Waals surface area contributed by atoms with Gasteiger partial charge < -0.3 is 9.47 Å². The van der Waals surface area contributed by atoms with Crippen molar-refractivity contribution >= 4 is 0 Å². The fourth-order valence-electron chi connectivity index (χ4n) is 3.18. The Morgan fingerprint density at radius 3 is 2.83 bits per heavy atom. The summed E-state index contributed by atoms with van der Waals surface area (Å²) in [6.07, 6.45) is 3.37. The molecule has 5 heteroatoms. The molecule has 0 aliphatic carbocycles. The van der Waals surface area contributed by atoms with Gasteiger partial charge in [-0.2, -0.15) is 5.10 Å². The Hall–Kier alpha value is -2.01. The van der Waals surface area contributed by atoms with E-state index in [2.05, 4.69) is 43.0 Å². The number of hydrogen-bond acceptors (Lipinski definition) is 4. The maximum absolute atomic E-state index is 6.21. The van der Waals surface area contributed by atoms with Crippen LogP contribution in [0.4, 0.5) is 0 Å². The van der Waals surface area contributed by atoms with E-state index in [0.717, 1.165) is 49.8 Å². The van der Waals surface area contributed by atoms with Crippen LogP contribution in [0.25, 0.3) is 0 Å². The molecule has 24 heavy (non-hydrogen) atoms. The quantitative estimate of drug-likeness (QED) is 0.843. The second kappa shape index (κ2) is 7.26. The van der Waals surface area contributed by atoms with Crippen LogP contribution >= 0.6 is 0 Å². The van der Waals surface area contributed by atoms with Crippen LogP contribution in [0, 0.1) is 6.92 Å². The number of methoxy groups -OCH3 is 1. The minimum atomic E-state index is 0.209. The lowest BCUT2D eigenvalue weighted by atomic mass is 10.1. The second-order valence-electron chi connectivity index (χ2n) is 6.39. The molecule has 0 bridgehead atoms. The van der Waals surface area contributed by atoms with Gasteiger partial charge in [0.05, 0.1) is 12.8 Å². The first-order valence-electron chi connectivity index (χ1n) is 8.71. The molecule has 1 aliphatic heterocycles. The zero-order valence-electron chi connectivity index (χ0n) is 15.1. The fourth-order valence-corrected chi connectivity index (χ4v) is 3.18. The molecule has 1 unspecified atom stereocenters. The first-order chi connectivity index (χ1) is 11.6. The average molecular weight is 329 g/mol. The molecule has 3 rings (SSSR count). The summed E-state index contributed by atoms with van der Waals surface area (Å²) < 4.78 is 13.6. The highest BCUT2D eigenvalue weighted by Crippen LogP contribution is 2.30. The molecule has 1 aliphatic rings. The normalized spacial score (nSPS) is 17.9. The Labute approximate surface area is 144 Å². The van der Waals surface area contributed by atoms with E-state index in [9.17, 15) is 0 Å². The summed E-state index contributed by atoms with van der Waals surface area (Å²) in [6, 6.07) is 6.08. The minimum Gasteiger partial charge on any atom is -0.497 e. The van der Waals surface area contributed by atoms with E-state index in [-0.39, 0.29) is 6.10 Å². The molecule has 0 saturated heterocycles. The van der Waals surface area contributed by atoms with Gasteiger partial charge in [-0.3, -0.25) is 9.58 Å². The third kappa shape index (κ3) is 3.56. The Bertz CT molecular complexity index is 696. The molecule has 0 N–H and O–H groups in total. The van der Waals surface area contributed by atoms with E-state index in [1.54, 1.807) is 7.11 Å². The molecule has 0 radical (unpaired) electrons. The number of fused-ring (bicyclic) bond motifs is 1. The highest BCUT2D eigenvalue weighted by molar-refractivity contribution is 5.41. The number of nitrogens with zero attached hydrogens (tertiary/aromatic N) is 3. The number of ether oxygens (including phenoxy) is 2. The summed E-state index contributed by atoms with van der Waals surface area (Å²) in [5.41, 5.74) is 3.59. The van der Waals surface area contributed by atoms with Gasteiger partial charge in [0.2, 0.25) is 0 Å². The van der Waals surface area contributed by atoms with Crippen molar-refractivity contribution < 1.29 is 9.47 Å². The van der Waals surface area contributed by atoms with Crippen LogP contribution in [0.2, 0.25) is 0 Å². The van der Waals surface area contributed by atoms with Crippen molar-refractivity contribution in [2.45, 2.75) is 52.9 Å². The lowest BCUT2D eigenvalue weighted by molar-refractivity contribution is 0.139. The summed E-state index contributed by atoms with van der Waals surface area (Å²) in [5, 5.41) is 4.57. The van der Waals surface area contributed by atoms with Gasteiger partial charge in [0.15, 0.2) is 0 Å². The van der Waals surface area contributed by atoms with Crippen molar-refractivity contribution in [1.82, 2.24) is 14.7 Å². The van der Waals surface area contributed by atoms with Gasteiger partial charge in [0.25, 0.3) is 0 Å². The molecule has 5 nitrogen and oxygen atoms in total. The van der Waals surface area contributed by atoms with Crippen LogP contribution < -0.4 is 9.47 Å². The molecule has 1 aromatic heterocycles. The van der Waals surface area contributed by atoms with Crippen molar-refractivity contribution in [1.29, 1.82) is 0 Å². The van der Waals surface area contributed by atoms with E-state index >= 15 is 0 Å². The summed E-state index contributed by atoms with van der Waals surface area (Å²) in [4.78, 5) is 2.45. The summed E-state index contributed by atoms with van der Waals surface area (Å²) in [6.45, 7) is 9.96. The van der Waals surface area contributed by atoms with Gasteiger partial charge in [0, 0.05) is 43.5 Å². The molecule has 1 aromatic carbocycles. The monoisotopic (exact) mass is 329 g/mol. The Morgan fingerprint density at radius 2 is 2.17 bits per heavy atom. The molecular weight excluding hydrogens is 302 g/mol. The van der Waals surface area contributed by atoms with Crippen LogP contribution in [-0.4, -0.2) is 34.4 Å². The fraction of sp³-hybridized carbons (Fsp3) is 0.526. The van der Waals surface area contributed by atoms with Crippen molar-refractivity contribution in [2.24, 2.45) is 0 Å². The predicted octanol–water partition coefficient (Wildman–Crippen LogP) is 3.39. The number of hydrogen-bond donors (Lipinski definition) is 0. The van der Waals surface area contributed by atoms with Gasteiger partial charge in [-0.25, -0.2) is 0 Å². The standard InChI is InChI=1S/C19H27N3O2/c1-5-17-13-21(11-16-12-22(6-2)20-14(16)3)10-15-9-18(23-4)7-8-19(15)24-17/h7-9,12,17H,5-6,10-11,13H2,1-4H3. The second-order valence-corrected chi connectivity index (χ2v) is 6.39. The summed E-state index contributed by atoms with van der Waals surface area (Å²) in [7, 11) is 1.70. The van der Waals surface area contributed by atoms with Gasteiger partial charge in [-0.05, 0) is 38.5 Å². The Morgan fingerprint density at radius 1 is 1.33 bits per heavy atom. The first-order valence-corrected chi connectivity index (χ1v) is 8.71. The highest BCUT2D eigenvalue weighted by atomic mass is 16.5. The number of aryl methyl sites for hydroxylation is 2. The van der Waals surface area contributed by atoms with E-state index in [1.807, 2.05) is 16.8 Å². The number of rotatable bonds is 5. The van der Waals surface area contributed by atoms with Gasteiger partial charge in [-0.1, -0.05) is 6.92 Å². The lowest BCUT2D eigenvalue weighted by Crippen LogP contribution is -2.32. The average Bonchev–Trinajstić information content (AvgIpc) is 2.84. The van der Waals surface area contributed by atoms with Crippen LogP contribution in [0.15, 0.2) is 24.4 Å². The molecule has 130 valence electrons. The first kappa shape index (κ1) is 16.8. The third-order valence-corrected chi connectivity index (χ3v) is 4.64. The van der Waals surface area contributed by atoms with Crippen LogP contribution in [0.5, 0.6) is 11.5 Å². The summed E-state index contributed by atoms with van der Waals surface area (Å²) in [5.74, 6) is 1.85. The minimum absolute atomic E-state index is 0.209.